The number of methoxy groups -OCH3 is 1. The Balaban J connectivity index is 0.000000283. The van der Waals surface area contributed by atoms with Gasteiger partial charge in [0.2, 0.25) is 24.1 Å². The van der Waals surface area contributed by atoms with Gasteiger partial charge in [0.05, 0.1) is 13.2 Å². The van der Waals surface area contributed by atoms with E-state index in [4.69, 9.17) is 21.9 Å². The van der Waals surface area contributed by atoms with Crippen LogP contribution in [-0.2, 0) is 48.1 Å². The molecule has 4 atom stereocenters. The number of carbonyl (C=O) groups excluding carboxylic acids is 5. The minimum atomic E-state index is -1.24. The lowest BCUT2D eigenvalue weighted by atomic mass is 9.98. The summed E-state index contributed by atoms with van der Waals surface area (Å²) in [4.78, 5) is 64.4. The van der Waals surface area contributed by atoms with Gasteiger partial charge < -0.3 is 42.4 Å². The first-order chi connectivity index (χ1) is 23.9. The Morgan fingerprint density at radius 1 is 0.940 bits per heavy atom. The van der Waals surface area contributed by atoms with Crippen LogP contribution in [-0.4, -0.2) is 96.9 Å². The smallest absolute Gasteiger partial charge is 0.327 e. The first-order valence-electron chi connectivity index (χ1n) is 17.4. The first kappa shape index (κ1) is 40.1. The van der Waals surface area contributed by atoms with Gasteiger partial charge in [-0.3, -0.25) is 19.2 Å². The van der Waals surface area contributed by atoms with E-state index in [0.717, 1.165) is 18.5 Å². The number of likely N-dealkylation sites (tertiary alicyclic amines) is 1. The van der Waals surface area contributed by atoms with Crippen LogP contribution < -0.4 is 27.8 Å². The van der Waals surface area contributed by atoms with Crippen molar-refractivity contribution >= 4 is 30.1 Å². The number of ether oxygens (including phenoxy) is 1. The quantitative estimate of drug-likeness (QED) is 0.102. The second-order valence-electron chi connectivity index (χ2n) is 13.5. The van der Waals surface area contributed by atoms with Crippen LogP contribution in [0, 0.1) is 5.92 Å². The summed E-state index contributed by atoms with van der Waals surface area (Å²) in [6.45, 7) is 6.13. The lowest BCUT2D eigenvalue weighted by Gasteiger charge is -2.30. The van der Waals surface area contributed by atoms with Crippen LogP contribution in [0.2, 0.25) is 0 Å². The van der Waals surface area contributed by atoms with Gasteiger partial charge in [-0.15, -0.1) is 0 Å². The fourth-order valence-corrected chi connectivity index (χ4v) is 6.31. The first-order valence-corrected chi connectivity index (χ1v) is 17.4. The van der Waals surface area contributed by atoms with Crippen LogP contribution in [0.1, 0.15) is 62.6 Å². The molecule has 13 heteroatoms. The number of nitrogens with two attached hydrogens (primary N) is 3. The van der Waals surface area contributed by atoms with Crippen molar-refractivity contribution < 1.29 is 28.7 Å². The summed E-state index contributed by atoms with van der Waals surface area (Å²) in [6.07, 6.45) is 4.51. The largest absolute Gasteiger partial charge is 0.468 e. The second kappa shape index (κ2) is 19.8. The maximum atomic E-state index is 13.1. The van der Waals surface area contributed by atoms with E-state index in [1.807, 2.05) is 55.1 Å². The number of nitrogens with zero attached hydrogens (tertiary/aromatic N) is 2. The molecule has 1 saturated heterocycles. The van der Waals surface area contributed by atoms with E-state index in [9.17, 15) is 24.0 Å². The molecule has 2 heterocycles. The van der Waals surface area contributed by atoms with E-state index in [1.165, 1.54) is 23.1 Å². The molecule has 2 aromatic carbocycles. The molecule has 2 aromatic rings. The Bertz CT molecular complexity index is 1420. The number of fused-ring (bicyclic) bond motifs is 1. The van der Waals surface area contributed by atoms with Crippen molar-refractivity contribution in [2.75, 3.05) is 33.3 Å². The van der Waals surface area contributed by atoms with E-state index in [1.54, 1.807) is 0 Å². The van der Waals surface area contributed by atoms with Gasteiger partial charge in [0, 0.05) is 26.2 Å². The molecule has 3 unspecified atom stereocenters. The standard InChI is InChI=1S/C19H35N5O5.C18H20N2O/c1-13(2)10-15(22-12-25)16(26)23-14(6-4-5-8-20)17(27)24-9-7-19(21,11-24)18(28)29-3;19-17(12-14-6-2-1-3-7-14)18(21)20-11-10-15-8-4-5-9-16(15)13-20/h12-15H,4-11,20-21H2,1-3H3,(H,22,25)(H,23,26);1-9,17H,10-13,19H2/t;17-/m.1/s1. The molecular formula is C37H55N7O6. The van der Waals surface area contributed by atoms with Crippen LogP contribution in [0.5, 0.6) is 0 Å². The molecule has 2 aliphatic rings. The lowest BCUT2D eigenvalue weighted by molar-refractivity contribution is -0.147. The Kier molecular flexibility index (Phi) is 15.8. The van der Waals surface area contributed by atoms with Gasteiger partial charge in [-0.25, -0.2) is 4.79 Å². The van der Waals surface area contributed by atoms with Crippen molar-refractivity contribution in [3.8, 4) is 0 Å². The lowest BCUT2D eigenvalue weighted by Crippen LogP contribution is -2.55. The molecule has 4 rings (SSSR count). The van der Waals surface area contributed by atoms with Crippen LogP contribution in [0.4, 0.5) is 0 Å². The number of unbranched alkanes of at least 4 members (excludes halogenated alkanes) is 1. The van der Waals surface area contributed by atoms with Crippen LogP contribution in [0.25, 0.3) is 0 Å². The molecule has 0 radical (unpaired) electrons. The van der Waals surface area contributed by atoms with Gasteiger partial charge in [-0.2, -0.15) is 0 Å². The third-order valence-corrected chi connectivity index (χ3v) is 9.12. The van der Waals surface area contributed by atoms with E-state index >= 15 is 0 Å². The summed E-state index contributed by atoms with van der Waals surface area (Å²) < 4.78 is 4.74. The highest BCUT2D eigenvalue weighted by atomic mass is 16.5. The third-order valence-electron chi connectivity index (χ3n) is 9.12. The van der Waals surface area contributed by atoms with Crippen LogP contribution >= 0.6 is 0 Å². The number of benzene rings is 2. The van der Waals surface area contributed by atoms with Crippen molar-refractivity contribution in [2.24, 2.45) is 23.1 Å². The van der Waals surface area contributed by atoms with Crippen LogP contribution in [0.15, 0.2) is 54.6 Å². The molecule has 274 valence electrons. The minimum Gasteiger partial charge on any atom is -0.468 e. The normalized spacial score (nSPS) is 18.5. The number of esters is 1. The van der Waals surface area contributed by atoms with Crippen molar-refractivity contribution in [1.29, 1.82) is 0 Å². The van der Waals surface area contributed by atoms with Crippen molar-refractivity contribution in [1.82, 2.24) is 20.4 Å². The number of rotatable bonds is 15. The fourth-order valence-electron chi connectivity index (χ4n) is 6.31. The number of amides is 4. The SMILES string of the molecule is COC(=O)C1(N)CCN(C(=O)C(CCCCN)NC(=O)C(CC(C)C)NC=O)C1.N[C@H](Cc1ccccc1)C(=O)N1CCc2ccccc2C1. The van der Waals surface area contributed by atoms with E-state index in [0.29, 0.717) is 58.1 Å². The molecule has 0 aromatic heterocycles. The third kappa shape index (κ3) is 11.6. The van der Waals surface area contributed by atoms with Gasteiger partial charge in [0.25, 0.3) is 0 Å². The summed E-state index contributed by atoms with van der Waals surface area (Å²) >= 11 is 0. The summed E-state index contributed by atoms with van der Waals surface area (Å²) in [6, 6.07) is 16.3. The zero-order valence-corrected chi connectivity index (χ0v) is 29.6. The predicted molar refractivity (Wildman–Crippen MR) is 191 cm³/mol. The van der Waals surface area contributed by atoms with Crippen molar-refractivity contribution in [3.05, 3.63) is 71.3 Å². The molecule has 13 nitrogen and oxygen atoms in total. The van der Waals surface area contributed by atoms with Gasteiger partial charge >= 0.3 is 5.97 Å². The summed E-state index contributed by atoms with van der Waals surface area (Å²) in [5.74, 6) is -1.05. The van der Waals surface area contributed by atoms with E-state index in [2.05, 4.69) is 28.8 Å². The molecule has 2 aliphatic heterocycles. The maximum absolute atomic E-state index is 13.1. The molecular weight excluding hydrogens is 638 g/mol. The molecule has 0 saturated carbocycles. The maximum Gasteiger partial charge on any atom is 0.327 e. The Morgan fingerprint density at radius 3 is 2.26 bits per heavy atom. The highest BCUT2D eigenvalue weighted by Gasteiger charge is 2.45. The summed E-state index contributed by atoms with van der Waals surface area (Å²) in [5.41, 5.74) is 20.2. The van der Waals surface area contributed by atoms with E-state index in [-0.39, 0.29) is 30.7 Å². The summed E-state index contributed by atoms with van der Waals surface area (Å²) in [5, 5.41) is 5.28. The molecule has 1 fully saturated rings. The number of nitrogens with one attached hydrogen (secondary N) is 2. The van der Waals surface area contributed by atoms with Gasteiger partial charge in [0.15, 0.2) is 0 Å². The predicted octanol–water partition coefficient (Wildman–Crippen LogP) is 1.01. The average molecular weight is 694 g/mol. The number of hydrogen-bond donors (Lipinski definition) is 5. The molecule has 50 heavy (non-hydrogen) atoms. The molecule has 0 spiro atoms. The zero-order valence-electron chi connectivity index (χ0n) is 29.6. The Labute approximate surface area is 295 Å². The zero-order chi connectivity index (χ0) is 36.7. The minimum absolute atomic E-state index is 0.0315. The van der Waals surface area contributed by atoms with Crippen LogP contribution in [0.3, 0.4) is 0 Å². The highest BCUT2D eigenvalue weighted by molar-refractivity contribution is 5.91. The molecule has 0 bridgehead atoms. The van der Waals surface area contributed by atoms with E-state index < -0.39 is 35.5 Å². The van der Waals surface area contributed by atoms with Crippen molar-refractivity contribution in [3.63, 3.8) is 0 Å². The van der Waals surface area contributed by atoms with Gasteiger partial charge in [-0.1, -0.05) is 68.4 Å². The monoisotopic (exact) mass is 693 g/mol. The number of hydrogen-bond acceptors (Lipinski definition) is 9. The van der Waals surface area contributed by atoms with Crippen molar-refractivity contribution in [2.45, 2.75) is 89.0 Å². The average Bonchev–Trinajstić information content (AvgIpc) is 3.53. The molecule has 8 N–H and O–H groups in total. The summed E-state index contributed by atoms with van der Waals surface area (Å²) in [7, 11) is 1.26. The topological polar surface area (TPSA) is 203 Å². The fraction of sp³-hybridized carbons (Fsp3) is 0.541. The highest BCUT2D eigenvalue weighted by Crippen LogP contribution is 2.22. The number of carbonyl (C=O) groups is 5. The molecule has 0 aliphatic carbocycles. The van der Waals surface area contributed by atoms with Gasteiger partial charge in [0.1, 0.15) is 17.6 Å². The molecule has 4 amide bonds. The second-order valence-corrected chi connectivity index (χ2v) is 13.5. The Morgan fingerprint density at radius 2 is 1.62 bits per heavy atom. The Hall–Kier alpha value is -4.33. The van der Waals surface area contributed by atoms with Gasteiger partial charge in [-0.05, 0) is 74.1 Å².